The molecule has 2 aliphatic rings. The second kappa shape index (κ2) is 5.62. The van der Waals surface area contributed by atoms with Crippen LogP contribution < -0.4 is 0 Å². The van der Waals surface area contributed by atoms with Crippen molar-refractivity contribution >= 4 is 0 Å². The van der Waals surface area contributed by atoms with Crippen molar-refractivity contribution in [3.05, 3.63) is 0 Å². The van der Waals surface area contributed by atoms with Gasteiger partial charge in [-0.25, -0.2) is 0 Å². The van der Waals surface area contributed by atoms with Gasteiger partial charge in [0.15, 0.2) is 6.29 Å². The van der Waals surface area contributed by atoms with Crippen LogP contribution in [0.5, 0.6) is 0 Å². The minimum atomic E-state index is -0.112. The average Bonchev–Trinajstić information content (AvgIpc) is 2.78. The Morgan fingerprint density at radius 1 is 1.44 bits per heavy atom. The maximum Gasteiger partial charge on any atom is 0.173 e. The van der Waals surface area contributed by atoms with Gasteiger partial charge in [-0.05, 0) is 25.9 Å². The molecular weight excluding hydrogens is 204 g/mol. The van der Waals surface area contributed by atoms with Gasteiger partial charge in [-0.1, -0.05) is 13.3 Å². The lowest BCUT2D eigenvalue weighted by atomic mass is 10.0. The van der Waals surface area contributed by atoms with E-state index in [4.69, 9.17) is 14.7 Å². The summed E-state index contributed by atoms with van der Waals surface area (Å²) in [7, 11) is 0. The summed E-state index contributed by atoms with van der Waals surface area (Å²) in [5.41, 5.74) is 0. The molecule has 2 heterocycles. The highest BCUT2D eigenvalue weighted by Gasteiger charge is 2.36. The van der Waals surface area contributed by atoms with E-state index in [0.717, 1.165) is 19.5 Å². The van der Waals surface area contributed by atoms with Crippen molar-refractivity contribution in [2.45, 2.75) is 51.0 Å². The van der Waals surface area contributed by atoms with Crippen LogP contribution in [0.25, 0.3) is 0 Å². The number of likely N-dealkylation sites (N-methyl/N-ethyl adjacent to an activating group) is 1. The highest BCUT2D eigenvalue weighted by Crippen LogP contribution is 2.26. The van der Waals surface area contributed by atoms with Gasteiger partial charge < -0.3 is 9.47 Å². The van der Waals surface area contributed by atoms with Crippen molar-refractivity contribution in [3.63, 3.8) is 0 Å². The lowest BCUT2D eigenvalue weighted by Gasteiger charge is -2.37. The van der Waals surface area contributed by atoms with Crippen molar-refractivity contribution < 1.29 is 9.47 Å². The molecule has 3 unspecified atom stereocenters. The molecule has 4 nitrogen and oxygen atoms in total. The summed E-state index contributed by atoms with van der Waals surface area (Å²) in [5.74, 6) is 0. The molecule has 2 rings (SSSR count). The van der Waals surface area contributed by atoms with E-state index in [1.807, 2.05) is 0 Å². The third kappa shape index (κ3) is 2.54. The Balaban J connectivity index is 1.89. The zero-order chi connectivity index (χ0) is 11.4. The van der Waals surface area contributed by atoms with Crippen molar-refractivity contribution in [2.24, 2.45) is 0 Å². The van der Waals surface area contributed by atoms with E-state index in [0.29, 0.717) is 19.1 Å². The minimum Gasteiger partial charge on any atom is -0.348 e. The van der Waals surface area contributed by atoms with Crippen LogP contribution in [0.2, 0.25) is 0 Å². The molecule has 2 saturated heterocycles. The van der Waals surface area contributed by atoms with Gasteiger partial charge in [-0.15, -0.1) is 0 Å². The van der Waals surface area contributed by atoms with Crippen LogP contribution >= 0.6 is 0 Å². The largest absolute Gasteiger partial charge is 0.348 e. The van der Waals surface area contributed by atoms with E-state index in [2.05, 4.69) is 17.9 Å². The molecule has 0 saturated carbocycles. The van der Waals surface area contributed by atoms with Gasteiger partial charge in [0.1, 0.15) is 0 Å². The van der Waals surface area contributed by atoms with Gasteiger partial charge in [0.2, 0.25) is 0 Å². The van der Waals surface area contributed by atoms with Crippen LogP contribution in [0.15, 0.2) is 0 Å². The fraction of sp³-hybridized carbons (Fsp3) is 0.917. The van der Waals surface area contributed by atoms with Crippen LogP contribution in [0, 0.1) is 11.3 Å². The molecule has 2 fully saturated rings. The molecule has 0 spiro atoms. The van der Waals surface area contributed by atoms with Crippen molar-refractivity contribution in [1.82, 2.24) is 4.90 Å². The Morgan fingerprint density at radius 3 is 3.06 bits per heavy atom. The van der Waals surface area contributed by atoms with Crippen molar-refractivity contribution in [2.75, 3.05) is 19.7 Å². The lowest BCUT2D eigenvalue weighted by Crippen LogP contribution is -2.47. The first-order valence-corrected chi connectivity index (χ1v) is 6.23. The van der Waals surface area contributed by atoms with Crippen LogP contribution in [0.3, 0.4) is 0 Å². The van der Waals surface area contributed by atoms with Crippen molar-refractivity contribution in [1.29, 1.82) is 5.26 Å². The van der Waals surface area contributed by atoms with Gasteiger partial charge in [0.05, 0.1) is 31.2 Å². The Hall–Kier alpha value is -0.630. The predicted molar refractivity (Wildman–Crippen MR) is 59.7 cm³/mol. The number of nitrogens with zero attached hydrogens (tertiary/aromatic N) is 2. The van der Waals surface area contributed by atoms with Crippen molar-refractivity contribution in [3.8, 4) is 6.07 Å². The molecule has 16 heavy (non-hydrogen) atoms. The molecule has 0 aromatic rings. The normalized spacial score (nSPS) is 36.1. The third-order valence-corrected chi connectivity index (χ3v) is 3.48. The molecule has 0 amide bonds. The number of hydrogen-bond acceptors (Lipinski definition) is 4. The number of ether oxygens (including phenoxy) is 2. The minimum absolute atomic E-state index is 0.0179. The molecule has 0 N–H and O–H groups in total. The van der Waals surface area contributed by atoms with Crippen LogP contribution in [-0.2, 0) is 9.47 Å². The second-order valence-corrected chi connectivity index (χ2v) is 4.51. The van der Waals surface area contributed by atoms with Crippen LogP contribution in [0.4, 0.5) is 0 Å². The number of nitriles is 1. The van der Waals surface area contributed by atoms with E-state index in [-0.39, 0.29) is 12.4 Å². The first kappa shape index (κ1) is 11.8. The van der Waals surface area contributed by atoms with Gasteiger partial charge in [0.25, 0.3) is 0 Å². The van der Waals surface area contributed by atoms with Crippen LogP contribution in [-0.4, -0.2) is 43.0 Å². The molecule has 0 aliphatic carbocycles. The topological polar surface area (TPSA) is 45.5 Å². The Morgan fingerprint density at radius 2 is 2.31 bits per heavy atom. The maximum absolute atomic E-state index is 8.63. The summed E-state index contributed by atoms with van der Waals surface area (Å²) < 4.78 is 11.5. The SMILES string of the molecule is CCN1CCCCC1C1OCC(CC#N)O1. The number of likely N-dealkylation sites (tertiary alicyclic amines) is 1. The van der Waals surface area contributed by atoms with Gasteiger partial charge in [0, 0.05) is 0 Å². The maximum atomic E-state index is 8.63. The molecule has 2 aliphatic heterocycles. The van der Waals surface area contributed by atoms with E-state index in [1.165, 1.54) is 12.8 Å². The summed E-state index contributed by atoms with van der Waals surface area (Å²) in [6.07, 6.45) is 3.99. The Labute approximate surface area is 97.1 Å². The second-order valence-electron chi connectivity index (χ2n) is 4.51. The monoisotopic (exact) mass is 224 g/mol. The summed E-state index contributed by atoms with van der Waals surface area (Å²) in [5, 5.41) is 8.63. The molecule has 0 bridgehead atoms. The number of rotatable bonds is 3. The molecule has 0 aromatic heterocycles. The fourth-order valence-corrected chi connectivity index (χ4v) is 2.60. The molecule has 90 valence electrons. The smallest absolute Gasteiger partial charge is 0.173 e. The molecular formula is C12H20N2O2. The first-order chi connectivity index (χ1) is 7.85. The van der Waals surface area contributed by atoms with E-state index in [1.54, 1.807) is 0 Å². The highest BCUT2D eigenvalue weighted by molar-refractivity contribution is 4.85. The summed E-state index contributed by atoms with van der Waals surface area (Å²) in [4.78, 5) is 2.43. The zero-order valence-electron chi connectivity index (χ0n) is 9.89. The van der Waals surface area contributed by atoms with E-state index in [9.17, 15) is 0 Å². The standard InChI is InChI=1S/C12H20N2O2/c1-2-14-8-4-3-5-11(14)12-15-9-10(16-12)6-7-13/h10-12H,2-6,8-9H2,1H3. The third-order valence-electron chi connectivity index (χ3n) is 3.48. The van der Waals surface area contributed by atoms with Crippen LogP contribution in [0.1, 0.15) is 32.6 Å². The zero-order valence-corrected chi connectivity index (χ0v) is 9.89. The molecule has 0 aromatic carbocycles. The number of hydrogen-bond donors (Lipinski definition) is 0. The van der Waals surface area contributed by atoms with Gasteiger partial charge >= 0.3 is 0 Å². The quantitative estimate of drug-likeness (QED) is 0.729. The van der Waals surface area contributed by atoms with Gasteiger partial charge in [-0.2, -0.15) is 5.26 Å². The lowest BCUT2D eigenvalue weighted by molar-refractivity contribution is -0.118. The molecule has 0 radical (unpaired) electrons. The summed E-state index contributed by atoms with van der Waals surface area (Å²) in [6.45, 7) is 4.95. The van der Waals surface area contributed by atoms with E-state index >= 15 is 0 Å². The average molecular weight is 224 g/mol. The summed E-state index contributed by atoms with van der Waals surface area (Å²) >= 11 is 0. The highest BCUT2D eigenvalue weighted by atomic mass is 16.7. The molecule has 3 atom stereocenters. The fourth-order valence-electron chi connectivity index (χ4n) is 2.60. The summed E-state index contributed by atoms with van der Waals surface area (Å²) in [6, 6.07) is 2.53. The molecule has 4 heteroatoms. The first-order valence-electron chi connectivity index (χ1n) is 6.23. The number of piperidine rings is 1. The van der Waals surface area contributed by atoms with E-state index < -0.39 is 0 Å². The van der Waals surface area contributed by atoms with Gasteiger partial charge in [-0.3, -0.25) is 4.90 Å². The Bertz CT molecular complexity index is 264. The predicted octanol–water partition coefficient (Wildman–Crippen LogP) is 1.52. The Kier molecular flexibility index (Phi) is 4.16.